The molecule has 1 aliphatic heterocycles. The number of hydrogen-bond donors (Lipinski definition) is 1. The number of carbonyl (C=O) groups excluding carboxylic acids is 1. The third-order valence-electron chi connectivity index (χ3n) is 4.24. The molecule has 0 saturated carbocycles. The largest absolute Gasteiger partial charge is 0.334 e. The number of amides is 2. The van der Waals surface area contributed by atoms with E-state index in [1.807, 2.05) is 46.8 Å². The van der Waals surface area contributed by atoms with Crippen LogP contribution in [-0.4, -0.2) is 38.0 Å². The Morgan fingerprint density at radius 3 is 2.88 bits per heavy atom. The van der Waals surface area contributed by atoms with E-state index in [-0.39, 0.29) is 12.1 Å². The Morgan fingerprint density at radius 1 is 1.33 bits per heavy atom. The molecule has 1 aliphatic rings. The molecule has 7 heteroatoms. The van der Waals surface area contributed by atoms with Crippen molar-refractivity contribution < 1.29 is 4.79 Å². The lowest BCUT2D eigenvalue weighted by Gasteiger charge is -2.24. The number of nitrogens with one attached hydrogen (secondary N) is 1. The molecule has 1 aromatic heterocycles. The van der Waals surface area contributed by atoms with Gasteiger partial charge in [-0.3, -0.25) is 0 Å². The highest BCUT2D eigenvalue weighted by atomic mass is 32.2. The van der Waals surface area contributed by atoms with Crippen molar-refractivity contribution in [3.8, 4) is 0 Å². The average molecular weight is 345 g/mol. The van der Waals surface area contributed by atoms with Gasteiger partial charge in [-0.15, -0.1) is 10.2 Å². The Kier molecular flexibility index (Phi) is 5.40. The number of hydrogen-bond acceptors (Lipinski definition) is 4. The fraction of sp³-hybridized carbons (Fsp3) is 0.471. The van der Waals surface area contributed by atoms with E-state index in [2.05, 4.69) is 22.4 Å². The summed E-state index contributed by atoms with van der Waals surface area (Å²) in [5, 5.41) is 12.5. The minimum atomic E-state index is -0.0333. The van der Waals surface area contributed by atoms with Crippen LogP contribution in [0, 0.1) is 0 Å². The van der Waals surface area contributed by atoms with Crippen LogP contribution < -0.4 is 5.32 Å². The van der Waals surface area contributed by atoms with Gasteiger partial charge in [-0.05, 0) is 24.2 Å². The Labute approximate surface area is 146 Å². The van der Waals surface area contributed by atoms with Gasteiger partial charge in [0.1, 0.15) is 0 Å². The maximum absolute atomic E-state index is 12.6. The van der Waals surface area contributed by atoms with Crippen molar-refractivity contribution in [2.45, 2.75) is 37.5 Å². The van der Waals surface area contributed by atoms with Gasteiger partial charge in [0.2, 0.25) is 0 Å². The van der Waals surface area contributed by atoms with Crippen LogP contribution in [-0.2, 0) is 13.6 Å². The first-order valence-electron chi connectivity index (χ1n) is 8.31. The number of thioether (sulfide) groups is 1. The van der Waals surface area contributed by atoms with Crippen molar-refractivity contribution in [1.82, 2.24) is 25.0 Å². The van der Waals surface area contributed by atoms with Gasteiger partial charge >= 0.3 is 6.03 Å². The second-order valence-electron chi connectivity index (χ2n) is 5.83. The molecule has 1 aromatic carbocycles. The summed E-state index contributed by atoms with van der Waals surface area (Å²) >= 11 is 1.67. The van der Waals surface area contributed by atoms with Crippen molar-refractivity contribution in [2.75, 3.05) is 12.3 Å². The Hall–Kier alpha value is -2.02. The first-order valence-corrected chi connectivity index (χ1v) is 9.29. The molecule has 0 aliphatic carbocycles. The predicted octanol–water partition coefficient (Wildman–Crippen LogP) is 2.97. The highest BCUT2D eigenvalue weighted by Gasteiger charge is 2.33. The quantitative estimate of drug-likeness (QED) is 0.846. The van der Waals surface area contributed by atoms with E-state index >= 15 is 0 Å². The van der Waals surface area contributed by atoms with Crippen LogP contribution in [0.15, 0.2) is 35.5 Å². The molecule has 0 radical (unpaired) electrons. The van der Waals surface area contributed by atoms with Crippen LogP contribution in [0.3, 0.4) is 0 Å². The monoisotopic (exact) mass is 345 g/mol. The minimum Gasteiger partial charge on any atom is -0.334 e. The molecule has 24 heavy (non-hydrogen) atoms. The third-order valence-corrected chi connectivity index (χ3v) is 5.14. The van der Waals surface area contributed by atoms with Gasteiger partial charge in [-0.2, -0.15) is 0 Å². The fourth-order valence-corrected chi connectivity index (χ4v) is 3.67. The molecule has 0 unspecified atom stereocenters. The summed E-state index contributed by atoms with van der Waals surface area (Å²) in [6.45, 7) is 3.39. The maximum Gasteiger partial charge on any atom is 0.318 e. The minimum absolute atomic E-state index is 0.00415. The van der Waals surface area contributed by atoms with Crippen LogP contribution in [0.1, 0.15) is 37.2 Å². The summed E-state index contributed by atoms with van der Waals surface area (Å²) in [6.07, 6.45) is 1.92. The molecule has 0 bridgehead atoms. The van der Waals surface area contributed by atoms with Crippen LogP contribution >= 0.6 is 11.8 Å². The van der Waals surface area contributed by atoms with Gasteiger partial charge in [0.15, 0.2) is 11.0 Å². The van der Waals surface area contributed by atoms with E-state index in [9.17, 15) is 4.79 Å². The summed E-state index contributed by atoms with van der Waals surface area (Å²) in [5.74, 6) is 1.83. The number of rotatable bonds is 5. The van der Waals surface area contributed by atoms with Crippen molar-refractivity contribution in [3.63, 3.8) is 0 Å². The van der Waals surface area contributed by atoms with E-state index in [1.54, 1.807) is 11.8 Å². The fourth-order valence-electron chi connectivity index (χ4n) is 3.02. The first kappa shape index (κ1) is 16.8. The van der Waals surface area contributed by atoms with Gasteiger partial charge in [-0.25, -0.2) is 4.79 Å². The summed E-state index contributed by atoms with van der Waals surface area (Å²) in [5.41, 5.74) is 1.10. The maximum atomic E-state index is 12.6. The van der Waals surface area contributed by atoms with Crippen LogP contribution in [0.2, 0.25) is 0 Å². The molecule has 2 amide bonds. The lowest BCUT2D eigenvalue weighted by molar-refractivity contribution is 0.189. The van der Waals surface area contributed by atoms with E-state index in [1.165, 1.54) is 0 Å². The number of aromatic nitrogens is 3. The molecule has 1 N–H and O–H groups in total. The van der Waals surface area contributed by atoms with E-state index in [0.29, 0.717) is 6.54 Å². The zero-order valence-corrected chi connectivity index (χ0v) is 14.9. The third kappa shape index (κ3) is 3.56. The number of carbonyl (C=O) groups is 1. The Bertz CT molecular complexity index is 688. The molecular formula is C17H23N5OS. The van der Waals surface area contributed by atoms with E-state index < -0.39 is 0 Å². The molecule has 3 rings (SSSR count). The molecule has 1 atom stereocenters. The molecule has 2 heterocycles. The average Bonchev–Trinajstić information content (AvgIpc) is 3.21. The van der Waals surface area contributed by atoms with Gasteiger partial charge in [0.25, 0.3) is 0 Å². The summed E-state index contributed by atoms with van der Waals surface area (Å²) in [7, 11) is 1.98. The molecule has 2 aromatic rings. The van der Waals surface area contributed by atoms with Gasteiger partial charge < -0.3 is 14.8 Å². The Morgan fingerprint density at radius 2 is 2.12 bits per heavy atom. The van der Waals surface area contributed by atoms with E-state index in [0.717, 1.165) is 41.7 Å². The summed E-state index contributed by atoms with van der Waals surface area (Å²) < 4.78 is 2.02. The van der Waals surface area contributed by atoms with Crippen LogP contribution in [0.25, 0.3) is 0 Å². The molecule has 6 nitrogen and oxygen atoms in total. The van der Waals surface area contributed by atoms with Gasteiger partial charge in [0.05, 0.1) is 6.04 Å². The molecule has 0 spiro atoms. The summed E-state index contributed by atoms with van der Waals surface area (Å²) in [4.78, 5) is 14.5. The lowest BCUT2D eigenvalue weighted by atomic mass is 10.2. The SMILES string of the molecule is CCSc1nnc([C@H]2CCCN2C(=O)NCc2ccccc2)n1C. The first-order chi connectivity index (χ1) is 11.7. The predicted molar refractivity (Wildman–Crippen MR) is 94.8 cm³/mol. The number of benzene rings is 1. The van der Waals surface area contributed by atoms with Crippen molar-refractivity contribution >= 4 is 17.8 Å². The summed E-state index contributed by atoms with van der Waals surface area (Å²) in [6, 6.07) is 9.93. The molecule has 1 saturated heterocycles. The van der Waals surface area contributed by atoms with Crippen LogP contribution in [0.5, 0.6) is 0 Å². The molecule has 1 fully saturated rings. The normalized spacial score (nSPS) is 17.2. The Balaban J connectivity index is 1.67. The van der Waals surface area contributed by atoms with Crippen molar-refractivity contribution in [3.05, 3.63) is 41.7 Å². The number of urea groups is 1. The van der Waals surface area contributed by atoms with Gasteiger partial charge in [0, 0.05) is 20.1 Å². The lowest BCUT2D eigenvalue weighted by Crippen LogP contribution is -2.39. The zero-order valence-electron chi connectivity index (χ0n) is 14.1. The number of likely N-dealkylation sites (tertiary alicyclic amines) is 1. The van der Waals surface area contributed by atoms with E-state index in [4.69, 9.17) is 0 Å². The smallest absolute Gasteiger partial charge is 0.318 e. The highest BCUT2D eigenvalue weighted by molar-refractivity contribution is 7.99. The number of nitrogens with zero attached hydrogens (tertiary/aromatic N) is 4. The van der Waals surface area contributed by atoms with Crippen molar-refractivity contribution in [2.24, 2.45) is 7.05 Å². The van der Waals surface area contributed by atoms with Crippen LogP contribution in [0.4, 0.5) is 4.79 Å². The molecular weight excluding hydrogens is 322 g/mol. The second kappa shape index (κ2) is 7.70. The highest BCUT2D eigenvalue weighted by Crippen LogP contribution is 2.32. The van der Waals surface area contributed by atoms with Crippen molar-refractivity contribution in [1.29, 1.82) is 0 Å². The standard InChI is InChI=1S/C17H23N5OS/c1-3-24-17-20-19-15(21(17)2)14-10-7-11-22(14)16(23)18-12-13-8-5-4-6-9-13/h4-6,8-9,14H,3,7,10-12H2,1-2H3,(H,18,23)/t14-/m1/s1. The van der Waals surface area contributed by atoms with Gasteiger partial charge in [-0.1, -0.05) is 49.0 Å². The topological polar surface area (TPSA) is 63.1 Å². The zero-order chi connectivity index (χ0) is 16.9. The second-order valence-corrected chi connectivity index (χ2v) is 7.06. The molecule has 128 valence electrons.